The Kier molecular flexibility index (Phi) is 4.00. The Morgan fingerprint density at radius 1 is 1.24 bits per heavy atom. The van der Waals surface area contributed by atoms with Gasteiger partial charge in [0.2, 0.25) is 0 Å². The Morgan fingerprint density at radius 3 is 2.68 bits per heavy atom. The van der Waals surface area contributed by atoms with Crippen LogP contribution in [0.1, 0.15) is 29.5 Å². The van der Waals surface area contributed by atoms with Crippen LogP contribution in [0.15, 0.2) is 53.0 Å². The van der Waals surface area contributed by atoms with Gasteiger partial charge in [0, 0.05) is 16.5 Å². The average molecular weight is 401 g/mol. The molecule has 0 radical (unpaired) electrons. The van der Waals surface area contributed by atoms with Crippen LogP contribution in [0.4, 0.5) is 11.4 Å². The highest BCUT2D eigenvalue weighted by Gasteiger charge is 2.42. The second-order valence-electron chi connectivity index (χ2n) is 6.36. The van der Waals surface area contributed by atoms with Crippen LogP contribution in [0.5, 0.6) is 5.75 Å². The summed E-state index contributed by atoms with van der Waals surface area (Å²) in [4.78, 5) is 11.3. The van der Waals surface area contributed by atoms with Crippen molar-refractivity contribution in [1.29, 1.82) is 0 Å². The number of methoxy groups -OCH3 is 1. The molecule has 0 saturated heterocycles. The van der Waals surface area contributed by atoms with Gasteiger partial charge in [-0.3, -0.25) is 10.1 Å². The highest BCUT2D eigenvalue weighted by molar-refractivity contribution is 9.10. The number of allylic oxidation sites excluding steroid dienone is 2. The van der Waals surface area contributed by atoms with E-state index < -0.39 is 0 Å². The van der Waals surface area contributed by atoms with E-state index in [-0.39, 0.29) is 28.5 Å². The summed E-state index contributed by atoms with van der Waals surface area (Å²) in [5.41, 5.74) is 2.79. The quantitative estimate of drug-likeness (QED) is 0.437. The van der Waals surface area contributed by atoms with Crippen molar-refractivity contribution in [2.45, 2.75) is 18.4 Å². The zero-order valence-electron chi connectivity index (χ0n) is 13.6. The maximum absolute atomic E-state index is 11.6. The van der Waals surface area contributed by atoms with Crippen molar-refractivity contribution in [2.24, 2.45) is 5.92 Å². The summed E-state index contributed by atoms with van der Waals surface area (Å²) in [6.45, 7) is 0. The van der Waals surface area contributed by atoms with Crippen molar-refractivity contribution in [1.82, 2.24) is 0 Å². The van der Waals surface area contributed by atoms with Crippen LogP contribution in [-0.4, -0.2) is 12.0 Å². The lowest BCUT2D eigenvalue weighted by atomic mass is 9.76. The van der Waals surface area contributed by atoms with E-state index in [2.05, 4.69) is 45.5 Å². The predicted octanol–water partition coefficient (Wildman–Crippen LogP) is 5.19. The maximum atomic E-state index is 11.6. The van der Waals surface area contributed by atoms with Crippen LogP contribution in [0.3, 0.4) is 0 Å². The van der Waals surface area contributed by atoms with Crippen molar-refractivity contribution >= 4 is 27.3 Å². The molecule has 1 aliphatic heterocycles. The van der Waals surface area contributed by atoms with E-state index in [0.29, 0.717) is 5.75 Å². The molecule has 0 aromatic heterocycles. The maximum Gasteiger partial charge on any atom is 0.275 e. The molecule has 25 heavy (non-hydrogen) atoms. The third-order valence-corrected chi connectivity index (χ3v) is 5.63. The number of nitro groups is 1. The van der Waals surface area contributed by atoms with Crippen LogP contribution in [-0.2, 0) is 0 Å². The molecule has 0 amide bonds. The lowest BCUT2D eigenvalue weighted by molar-refractivity contribution is -0.385. The molecular weight excluding hydrogens is 384 g/mol. The van der Waals surface area contributed by atoms with E-state index >= 15 is 0 Å². The SMILES string of the molecule is COc1ccc([N+](=O)[O-])c2c1N[C@H](c1ccc(Br)cc1)[C@H]1CC=C[C@@H]21. The summed E-state index contributed by atoms with van der Waals surface area (Å²) >= 11 is 3.47. The molecule has 0 bridgehead atoms. The summed E-state index contributed by atoms with van der Waals surface area (Å²) in [5.74, 6) is 0.904. The van der Waals surface area contributed by atoms with Crippen LogP contribution in [0.2, 0.25) is 0 Å². The number of halogens is 1. The number of hydrogen-bond donors (Lipinski definition) is 1. The molecule has 6 heteroatoms. The van der Waals surface area contributed by atoms with Crippen molar-refractivity contribution in [3.8, 4) is 5.75 Å². The van der Waals surface area contributed by atoms with Crippen molar-refractivity contribution < 1.29 is 9.66 Å². The Bertz CT molecular complexity index is 864. The normalized spacial score (nSPS) is 23.5. The van der Waals surface area contributed by atoms with Crippen molar-refractivity contribution in [3.05, 3.63) is 74.3 Å². The van der Waals surface area contributed by atoms with Gasteiger partial charge < -0.3 is 10.1 Å². The number of rotatable bonds is 3. The summed E-state index contributed by atoms with van der Waals surface area (Å²) in [5, 5.41) is 15.1. The number of nitrogens with one attached hydrogen (secondary N) is 1. The molecule has 1 N–H and O–H groups in total. The molecule has 2 aromatic rings. The smallest absolute Gasteiger partial charge is 0.275 e. The summed E-state index contributed by atoms with van der Waals surface area (Å²) < 4.78 is 6.51. The Balaban J connectivity index is 1.87. The third-order valence-electron chi connectivity index (χ3n) is 5.10. The van der Waals surface area contributed by atoms with Gasteiger partial charge in [0.05, 0.1) is 29.3 Å². The number of hydrogen-bond acceptors (Lipinski definition) is 4. The molecule has 0 fully saturated rings. The van der Waals surface area contributed by atoms with E-state index in [1.165, 1.54) is 5.56 Å². The Labute approximate surface area is 154 Å². The molecule has 3 atom stereocenters. The fourth-order valence-electron chi connectivity index (χ4n) is 3.99. The van der Waals surface area contributed by atoms with Gasteiger partial charge in [-0.15, -0.1) is 0 Å². The third kappa shape index (κ3) is 2.61. The molecule has 2 aromatic carbocycles. The van der Waals surface area contributed by atoms with Gasteiger partial charge in [-0.1, -0.05) is 40.2 Å². The van der Waals surface area contributed by atoms with Crippen molar-refractivity contribution in [2.75, 3.05) is 12.4 Å². The zero-order chi connectivity index (χ0) is 17.6. The first-order valence-corrected chi connectivity index (χ1v) is 8.93. The zero-order valence-corrected chi connectivity index (χ0v) is 15.2. The fourth-order valence-corrected chi connectivity index (χ4v) is 4.26. The van der Waals surface area contributed by atoms with E-state index in [0.717, 1.165) is 22.1 Å². The lowest BCUT2D eigenvalue weighted by Gasteiger charge is -2.37. The highest BCUT2D eigenvalue weighted by atomic mass is 79.9. The number of fused-ring (bicyclic) bond motifs is 3. The first-order chi connectivity index (χ1) is 12.1. The van der Waals surface area contributed by atoms with Crippen LogP contribution < -0.4 is 10.1 Å². The molecule has 4 rings (SSSR count). The molecular formula is C19H17BrN2O3. The minimum Gasteiger partial charge on any atom is -0.495 e. The van der Waals surface area contributed by atoms with Crippen LogP contribution in [0, 0.1) is 16.0 Å². The summed E-state index contributed by atoms with van der Waals surface area (Å²) in [7, 11) is 1.59. The van der Waals surface area contributed by atoms with Gasteiger partial charge in [0.1, 0.15) is 5.75 Å². The predicted molar refractivity (Wildman–Crippen MR) is 100 cm³/mol. The van der Waals surface area contributed by atoms with E-state index in [1.54, 1.807) is 19.2 Å². The fraction of sp³-hybridized carbons (Fsp3) is 0.263. The number of nitrogens with zero attached hydrogens (tertiary/aromatic N) is 1. The molecule has 128 valence electrons. The van der Waals surface area contributed by atoms with Gasteiger partial charge in [-0.25, -0.2) is 0 Å². The largest absolute Gasteiger partial charge is 0.495 e. The van der Waals surface area contributed by atoms with Crippen LogP contribution >= 0.6 is 15.9 Å². The number of benzene rings is 2. The first kappa shape index (κ1) is 16.1. The van der Waals surface area contributed by atoms with Gasteiger partial charge >= 0.3 is 0 Å². The summed E-state index contributed by atoms with van der Waals surface area (Å²) in [6.07, 6.45) is 5.12. The molecule has 0 spiro atoms. The Morgan fingerprint density at radius 2 is 2.00 bits per heavy atom. The first-order valence-electron chi connectivity index (χ1n) is 8.14. The molecule has 0 unspecified atom stereocenters. The topological polar surface area (TPSA) is 64.4 Å². The van der Waals surface area contributed by atoms with Crippen LogP contribution in [0.25, 0.3) is 0 Å². The minimum absolute atomic E-state index is 0.0143. The summed E-state index contributed by atoms with van der Waals surface area (Å²) in [6, 6.07) is 11.5. The molecule has 1 aliphatic carbocycles. The standard InChI is InChI=1S/C19H17BrN2O3/c1-25-16-10-9-15(22(23)24)17-13-3-2-4-14(13)18(21-19(16)17)11-5-7-12(20)8-6-11/h2-3,5-10,13-14,18,21H,4H2,1H3/t13-,14+,18-/m1/s1. The number of nitro benzene ring substituents is 1. The lowest BCUT2D eigenvalue weighted by Crippen LogP contribution is -2.30. The van der Waals surface area contributed by atoms with Gasteiger partial charge in [0.25, 0.3) is 5.69 Å². The molecule has 0 saturated carbocycles. The molecule has 5 nitrogen and oxygen atoms in total. The Hall–Kier alpha value is -2.34. The van der Waals surface area contributed by atoms with E-state index in [9.17, 15) is 10.1 Å². The van der Waals surface area contributed by atoms with Gasteiger partial charge in [-0.2, -0.15) is 0 Å². The van der Waals surface area contributed by atoms with Gasteiger partial charge in [-0.05, 0) is 36.1 Å². The second-order valence-corrected chi connectivity index (χ2v) is 7.28. The number of ether oxygens (including phenoxy) is 1. The minimum atomic E-state index is -0.302. The number of anilines is 1. The monoisotopic (exact) mass is 400 g/mol. The van der Waals surface area contributed by atoms with Crippen molar-refractivity contribution in [3.63, 3.8) is 0 Å². The highest BCUT2D eigenvalue weighted by Crippen LogP contribution is 2.54. The second kappa shape index (κ2) is 6.19. The molecule has 2 aliphatic rings. The van der Waals surface area contributed by atoms with E-state index in [4.69, 9.17) is 4.74 Å². The molecule has 1 heterocycles. The average Bonchev–Trinajstić information content (AvgIpc) is 3.10. The van der Waals surface area contributed by atoms with Gasteiger partial charge in [0.15, 0.2) is 0 Å². The van der Waals surface area contributed by atoms with E-state index in [1.807, 2.05) is 12.1 Å².